The molecule has 0 radical (unpaired) electrons. The summed E-state index contributed by atoms with van der Waals surface area (Å²) in [7, 11) is 0. The van der Waals surface area contributed by atoms with E-state index in [1.165, 1.54) is 36.8 Å². The van der Waals surface area contributed by atoms with Crippen molar-refractivity contribution in [3.63, 3.8) is 0 Å². The molecule has 2 aromatic rings. The molecule has 2 nitrogen and oxygen atoms in total. The number of rotatable bonds is 10. The molecule has 0 aliphatic carbocycles. The number of hydrogen-bond donors (Lipinski definition) is 1. The van der Waals surface area contributed by atoms with Crippen LogP contribution >= 0.6 is 11.6 Å². The number of ether oxygens (including phenoxy) is 1. The fraction of sp³-hybridized carbons (Fsp3) is 0.429. The minimum Gasteiger partial charge on any atom is -0.489 e. The van der Waals surface area contributed by atoms with E-state index in [1.807, 2.05) is 18.2 Å². The van der Waals surface area contributed by atoms with Crippen molar-refractivity contribution in [1.29, 1.82) is 0 Å². The summed E-state index contributed by atoms with van der Waals surface area (Å²) in [5, 5.41) is 4.25. The van der Waals surface area contributed by atoms with Crippen LogP contribution in [0.1, 0.15) is 49.3 Å². The van der Waals surface area contributed by atoms with Crippen molar-refractivity contribution >= 4 is 11.6 Å². The molecular weight excluding hydrogens is 318 g/mol. The summed E-state index contributed by atoms with van der Waals surface area (Å²) in [6, 6.07) is 14.3. The minimum absolute atomic E-state index is 0.576. The van der Waals surface area contributed by atoms with E-state index in [4.69, 9.17) is 16.3 Å². The predicted molar refractivity (Wildman–Crippen MR) is 103 cm³/mol. The van der Waals surface area contributed by atoms with E-state index < -0.39 is 0 Å². The molecule has 0 spiro atoms. The SMILES string of the molecule is CCCCCCNCc1cc(Cl)ccc1OCc1cccc(C)c1. The summed E-state index contributed by atoms with van der Waals surface area (Å²) in [6.07, 6.45) is 5.08. The van der Waals surface area contributed by atoms with Crippen molar-refractivity contribution in [1.82, 2.24) is 5.32 Å². The number of aryl methyl sites for hydroxylation is 1. The van der Waals surface area contributed by atoms with Crippen LogP contribution in [0.4, 0.5) is 0 Å². The molecule has 0 heterocycles. The van der Waals surface area contributed by atoms with Gasteiger partial charge in [0, 0.05) is 17.1 Å². The highest BCUT2D eigenvalue weighted by molar-refractivity contribution is 6.30. The molecule has 2 aromatic carbocycles. The maximum atomic E-state index is 6.15. The molecule has 0 bridgehead atoms. The van der Waals surface area contributed by atoms with Gasteiger partial charge in [-0.25, -0.2) is 0 Å². The first kappa shape index (κ1) is 18.8. The highest BCUT2D eigenvalue weighted by Crippen LogP contribution is 2.24. The van der Waals surface area contributed by atoms with Crippen molar-refractivity contribution in [2.45, 2.75) is 52.7 Å². The first-order valence-electron chi connectivity index (χ1n) is 8.86. The fourth-order valence-corrected chi connectivity index (χ4v) is 2.88. The monoisotopic (exact) mass is 345 g/mol. The molecular formula is C21H28ClNO. The molecule has 3 heteroatoms. The van der Waals surface area contributed by atoms with E-state index in [2.05, 4.69) is 43.4 Å². The van der Waals surface area contributed by atoms with Crippen LogP contribution in [0.3, 0.4) is 0 Å². The number of hydrogen-bond acceptors (Lipinski definition) is 2. The second-order valence-corrected chi connectivity index (χ2v) is 6.70. The summed E-state index contributed by atoms with van der Waals surface area (Å²) in [6.45, 7) is 6.73. The Morgan fingerprint density at radius 2 is 1.92 bits per heavy atom. The van der Waals surface area contributed by atoms with E-state index in [0.717, 1.165) is 29.4 Å². The van der Waals surface area contributed by atoms with Crippen molar-refractivity contribution in [2.75, 3.05) is 6.54 Å². The molecule has 130 valence electrons. The number of benzene rings is 2. The summed E-state index contributed by atoms with van der Waals surface area (Å²) in [5.41, 5.74) is 3.55. The van der Waals surface area contributed by atoms with Crippen LogP contribution in [-0.4, -0.2) is 6.54 Å². The van der Waals surface area contributed by atoms with Crippen LogP contribution in [0, 0.1) is 6.92 Å². The summed E-state index contributed by atoms with van der Waals surface area (Å²) < 4.78 is 6.03. The molecule has 0 atom stereocenters. The zero-order valence-electron chi connectivity index (χ0n) is 14.8. The van der Waals surface area contributed by atoms with Crippen molar-refractivity contribution in [2.24, 2.45) is 0 Å². The van der Waals surface area contributed by atoms with Crippen molar-refractivity contribution < 1.29 is 4.74 Å². The first-order valence-corrected chi connectivity index (χ1v) is 9.24. The summed E-state index contributed by atoms with van der Waals surface area (Å²) in [4.78, 5) is 0. The molecule has 0 aromatic heterocycles. The molecule has 0 fully saturated rings. The smallest absolute Gasteiger partial charge is 0.124 e. The van der Waals surface area contributed by atoms with E-state index >= 15 is 0 Å². The lowest BCUT2D eigenvalue weighted by Crippen LogP contribution is -2.15. The largest absolute Gasteiger partial charge is 0.489 e. The minimum atomic E-state index is 0.576. The third-order valence-electron chi connectivity index (χ3n) is 4.02. The van der Waals surface area contributed by atoms with Crippen LogP contribution in [0.15, 0.2) is 42.5 Å². The van der Waals surface area contributed by atoms with Gasteiger partial charge in [0.05, 0.1) is 0 Å². The second kappa shape index (κ2) is 10.4. The first-order chi connectivity index (χ1) is 11.7. The van der Waals surface area contributed by atoms with Gasteiger partial charge in [-0.1, -0.05) is 67.6 Å². The molecule has 0 saturated heterocycles. The third kappa shape index (κ3) is 6.54. The average molecular weight is 346 g/mol. The summed E-state index contributed by atoms with van der Waals surface area (Å²) >= 11 is 6.15. The van der Waals surface area contributed by atoms with E-state index in [-0.39, 0.29) is 0 Å². The fourth-order valence-electron chi connectivity index (χ4n) is 2.69. The standard InChI is InChI=1S/C21H28ClNO/c1-3-4-5-6-12-23-15-19-14-20(22)10-11-21(19)24-16-18-9-7-8-17(2)13-18/h7-11,13-14,23H,3-6,12,15-16H2,1-2H3. The third-order valence-corrected chi connectivity index (χ3v) is 4.26. The van der Waals surface area contributed by atoms with E-state index in [1.54, 1.807) is 0 Å². The highest BCUT2D eigenvalue weighted by atomic mass is 35.5. The van der Waals surface area contributed by atoms with Gasteiger partial charge >= 0.3 is 0 Å². The lowest BCUT2D eigenvalue weighted by atomic mass is 10.1. The van der Waals surface area contributed by atoms with Gasteiger partial charge in [-0.15, -0.1) is 0 Å². The Labute approximate surface area is 151 Å². The number of unbranched alkanes of at least 4 members (excludes halogenated alkanes) is 3. The van der Waals surface area contributed by atoms with Gasteiger partial charge < -0.3 is 10.1 Å². The lowest BCUT2D eigenvalue weighted by molar-refractivity contribution is 0.302. The maximum absolute atomic E-state index is 6.15. The average Bonchev–Trinajstić information content (AvgIpc) is 2.57. The molecule has 1 N–H and O–H groups in total. The topological polar surface area (TPSA) is 21.3 Å². The van der Waals surface area contributed by atoms with Gasteiger partial charge in [0.15, 0.2) is 0 Å². The van der Waals surface area contributed by atoms with Gasteiger partial charge in [-0.2, -0.15) is 0 Å². The Morgan fingerprint density at radius 3 is 2.71 bits per heavy atom. The van der Waals surface area contributed by atoms with Gasteiger partial charge in [0.2, 0.25) is 0 Å². The number of halogens is 1. The second-order valence-electron chi connectivity index (χ2n) is 6.27. The Morgan fingerprint density at radius 1 is 1.04 bits per heavy atom. The van der Waals surface area contributed by atoms with Gasteiger partial charge in [0.25, 0.3) is 0 Å². The maximum Gasteiger partial charge on any atom is 0.124 e. The molecule has 2 rings (SSSR count). The Hall–Kier alpha value is -1.51. The highest BCUT2D eigenvalue weighted by Gasteiger charge is 2.05. The molecule has 0 aliphatic heterocycles. The zero-order chi connectivity index (χ0) is 17.2. The number of nitrogens with one attached hydrogen (secondary N) is 1. The van der Waals surface area contributed by atoms with Crippen LogP contribution in [0.25, 0.3) is 0 Å². The van der Waals surface area contributed by atoms with Gasteiger partial charge in [-0.05, 0) is 43.7 Å². The molecule has 0 saturated carbocycles. The van der Waals surface area contributed by atoms with Crippen LogP contribution < -0.4 is 10.1 Å². The Kier molecular flexibility index (Phi) is 8.14. The van der Waals surface area contributed by atoms with Crippen molar-refractivity contribution in [3.8, 4) is 5.75 Å². The molecule has 0 amide bonds. The predicted octanol–water partition coefficient (Wildman–Crippen LogP) is 5.90. The lowest BCUT2D eigenvalue weighted by Gasteiger charge is -2.13. The molecule has 0 aliphatic rings. The Bertz CT molecular complexity index is 627. The van der Waals surface area contributed by atoms with Crippen LogP contribution in [0.5, 0.6) is 5.75 Å². The van der Waals surface area contributed by atoms with Gasteiger partial charge in [0.1, 0.15) is 12.4 Å². The quantitative estimate of drug-likeness (QED) is 0.541. The Balaban J connectivity index is 1.89. The summed E-state index contributed by atoms with van der Waals surface area (Å²) in [5.74, 6) is 0.905. The van der Waals surface area contributed by atoms with Crippen molar-refractivity contribution in [3.05, 3.63) is 64.2 Å². The molecule has 0 unspecified atom stereocenters. The van der Waals surface area contributed by atoms with E-state index in [9.17, 15) is 0 Å². The van der Waals surface area contributed by atoms with Crippen LogP contribution in [-0.2, 0) is 13.2 Å². The van der Waals surface area contributed by atoms with Gasteiger partial charge in [-0.3, -0.25) is 0 Å². The van der Waals surface area contributed by atoms with E-state index in [0.29, 0.717) is 6.61 Å². The normalized spacial score (nSPS) is 10.8. The molecule has 24 heavy (non-hydrogen) atoms. The zero-order valence-corrected chi connectivity index (χ0v) is 15.5. The van der Waals surface area contributed by atoms with Crippen LogP contribution in [0.2, 0.25) is 5.02 Å².